The highest BCUT2D eigenvalue weighted by atomic mass is 35.5. The Morgan fingerprint density at radius 2 is 1.72 bits per heavy atom. The number of benzene rings is 2. The van der Waals surface area contributed by atoms with E-state index >= 15 is 0 Å². The van der Waals surface area contributed by atoms with Crippen LogP contribution in [0.4, 0.5) is 11.4 Å². The average molecular weight is 412 g/mol. The number of hydrogen-bond donors (Lipinski definition) is 2. The SMILES string of the molecule is O=C(NC1CC1)c1cc(NC(=O)[C@@H](Cl)c2ccccc2)ccc1N1CCCCC1. The van der Waals surface area contributed by atoms with E-state index in [1.807, 2.05) is 42.5 Å². The van der Waals surface area contributed by atoms with Gasteiger partial charge in [0.2, 0.25) is 5.91 Å². The molecule has 1 heterocycles. The highest BCUT2D eigenvalue weighted by Gasteiger charge is 2.27. The van der Waals surface area contributed by atoms with Crippen molar-refractivity contribution < 1.29 is 9.59 Å². The lowest BCUT2D eigenvalue weighted by atomic mass is 10.1. The molecule has 2 aliphatic rings. The first-order valence-corrected chi connectivity index (χ1v) is 10.8. The summed E-state index contributed by atoms with van der Waals surface area (Å²) in [4.78, 5) is 27.8. The molecule has 1 aliphatic heterocycles. The van der Waals surface area contributed by atoms with Crippen molar-refractivity contribution >= 4 is 34.8 Å². The number of piperidine rings is 1. The Morgan fingerprint density at radius 1 is 1.00 bits per heavy atom. The van der Waals surface area contributed by atoms with Gasteiger partial charge in [0.15, 0.2) is 0 Å². The van der Waals surface area contributed by atoms with Gasteiger partial charge in [0, 0.05) is 30.5 Å². The van der Waals surface area contributed by atoms with Gasteiger partial charge in [-0.05, 0) is 55.9 Å². The van der Waals surface area contributed by atoms with Gasteiger partial charge >= 0.3 is 0 Å². The molecule has 1 atom stereocenters. The van der Waals surface area contributed by atoms with Crippen LogP contribution in [0, 0.1) is 0 Å². The van der Waals surface area contributed by atoms with Gasteiger partial charge in [0.25, 0.3) is 5.91 Å². The van der Waals surface area contributed by atoms with Crippen molar-refractivity contribution in [3.63, 3.8) is 0 Å². The van der Waals surface area contributed by atoms with E-state index in [-0.39, 0.29) is 17.9 Å². The number of alkyl halides is 1. The highest BCUT2D eigenvalue weighted by molar-refractivity contribution is 6.32. The summed E-state index contributed by atoms with van der Waals surface area (Å²) in [6.07, 6.45) is 5.56. The van der Waals surface area contributed by atoms with Crippen LogP contribution < -0.4 is 15.5 Å². The van der Waals surface area contributed by atoms with E-state index in [2.05, 4.69) is 15.5 Å². The normalized spacial score (nSPS) is 17.5. The minimum absolute atomic E-state index is 0.0744. The first-order chi connectivity index (χ1) is 14.1. The van der Waals surface area contributed by atoms with Crippen LogP contribution in [0.25, 0.3) is 0 Å². The third kappa shape index (κ3) is 4.91. The summed E-state index contributed by atoms with van der Waals surface area (Å²) in [5.41, 5.74) is 2.87. The molecule has 4 rings (SSSR count). The number of carbonyl (C=O) groups is 2. The van der Waals surface area contributed by atoms with E-state index in [0.29, 0.717) is 11.3 Å². The number of hydrogen-bond acceptors (Lipinski definition) is 3. The lowest BCUT2D eigenvalue weighted by molar-refractivity contribution is -0.116. The van der Waals surface area contributed by atoms with E-state index in [9.17, 15) is 9.59 Å². The van der Waals surface area contributed by atoms with E-state index in [0.717, 1.165) is 50.0 Å². The Balaban J connectivity index is 1.55. The van der Waals surface area contributed by atoms with Gasteiger partial charge in [-0.15, -0.1) is 11.6 Å². The van der Waals surface area contributed by atoms with Crippen molar-refractivity contribution in [2.24, 2.45) is 0 Å². The maximum Gasteiger partial charge on any atom is 0.253 e. The van der Waals surface area contributed by atoms with Crippen molar-refractivity contribution in [1.82, 2.24) is 5.32 Å². The van der Waals surface area contributed by atoms with E-state index in [1.165, 1.54) is 6.42 Å². The molecule has 152 valence electrons. The number of nitrogens with zero attached hydrogens (tertiary/aromatic N) is 1. The molecule has 0 unspecified atom stereocenters. The molecule has 1 aliphatic carbocycles. The smallest absolute Gasteiger partial charge is 0.253 e. The molecular formula is C23H26ClN3O2. The topological polar surface area (TPSA) is 61.4 Å². The van der Waals surface area contributed by atoms with Gasteiger partial charge in [-0.3, -0.25) is 9.59 Å². The molecule has 0 aromatic heterocycles. The second-order valence-corrected chi connectivity index (χ2v) is 8.23. The van der Waals surface area contributed by atoms with Crippen molar-refractivity contribution in [2.45, 2.75) is 43.5 Å². The van der Waals surface area contributed by atoms with Gasteiger partial charge in [0.05, 0.1) is 5.56 Å². The highest BCUT2D eigenvalue weighted by Crippen LogP contribution is 2.30. The average Bonchev–Trinajstić information content (AvgIpc) is 3.58. The molecule has 5 nitrogen and oxygen atoms in total. The van der Waals surface area contributed by atoms with Gasteiger partial charge < -0.3 is 15.5 Å². The van der Waals surface area contributed by atoms with Crippen LogP contribution >= 0.6 is 11.6 Å². The fourth-order valence-corrected chi connectivity index (χ4v) is 3.88. The Kier molecular flexibility index (Phi) is 6.05. The second-order valence-electron chi connectivity index (χ2n) is 7.79. The molecule has 29 heavy (non-hydrogen) atoms. The lowest BCUT2D eigenvalue weighted by Gasteiger charge is -2.30. The summed E-state index contributed by atoms with van der Waals surface area (Å²) in [6, 6.07) is 15.1. The monoisotopic (exact) mass is 411 g/mol. The number of carbonyl (C=O) groups excluding carboxylic acids is 2. The second kappa shape index (κ2) is 8.87. The molecule has 2 amide bonds. The fourth-order valence-electron chi connectivity index (χ4n) is 3.68. The number of halogens is 1. The van der Waals surface area contributed by atoms with Gasteiger partial charge in [-0.25, -0.2) is 0 Å². The zero-order chi connectivity index (χ0) is 20.2. The molecule has 1 saturated heterocycles. The predicted molar refractivity (Wildman–Crippen MR) is 117 cm³/mol. The van der Waals surface area contributed by atoms with E-state index in [1.54, 1.807) is 6.07 Å². The molecule has 2 aromatic carbocycles. The Hall–Kier alpha value is -2.53. The van der Waals surface area contributed by atoms with E-state index < -0.39 is 5.38 Å². The molecule has 2 N–H and O–H groups in total. The minimum atomic E-state index is -0.790. The number of nitrogens with one attached hydrogen (secondary N) is 2. The zero-order valence-corrected chi connectivity index (χ0v) is 17.1. The lowest BCUT2D eigenvalue weighted by Crippen LogP contribution is -2.33. The molecule has 0 spiro atoms. The van der Waals surface area contributed by atoms with Crippen LogP contribution in [0.1, 0.15) is 53.4 Å². The first kappa shape index (κ1) is 19.8. The fraction of sp³-hybridized carbons (Fsp3) is 0.391. The zero-order valence-electron chi connectivity index (χ0n) is 16.4. The summed E-state index contributed by atoms with van der Waals surface area (Å²) in [5, 5.41) is 5.15. The van der Waals surface area contributed by atoms with Crippen molar-refractivity contribution in [3.05, 3.63) is 59.7 Å². The number of rotatable bonds is 6. The summed E-state index contributed by atoms with van der Waals surface area (Å²) in [5.74, 6) is -0.383. The number of anilines is 2. The first-order valence-electron chi connectivity index (χ1n) is 10.3. The maximum atomic E-state index is 12.9. The van der Waals surface area contributed by atoms with Crippen molar-refractivity contribution in [1.29, 1.82) is 0 Å². The Morgan fingerprint density at radius 3 is 2.41 bits per heavy atom. The summed E-state index contributed by atoms with van der Waals surface area (Å²) in [6.45, 7) is 1.90. The number of amides is 2. The molecule has 2 fully saturated rings. The maximum absolute atomic E-state index is 12.9. The van der Waals surface area contributed by atoms with E-state index in [4.69, 9.17) is 11.6 Å². The Bertz CT molecular complexity index is 877. The van der Waals surface area contributed by atoms with Gasteiger partial charge in [-0.1, -0.05) is 30.3 Å². The summed E-state index contributed by atoms with van der Waals surface area (Å²) in [7, 11) is 0. The van der Waals surface area contributed by atoms with Crippen LogP contribution in [-0.2, 0) is 4.79 Å². The van der Waals surface area contributed by atoms with Gasteiger partial charge in [0.1, 0.15) is 5.38 Å². The van der Waals surface area contributed by atoms with Crippen LogP contribution in [0.15, 0.2) is 48.5 Å². The Labute approximate surface area is 176 Å². The van der Waals surface area contributed by atoms with Crippen LogP contribution in [-0.4, -0.2) is 30.9 Å². The van der Waals surface area contributed by atoms with Crippen molar-refractivity contribution in [3.8, 4) is 0 Å². The summed E-state index contributed by atoms with van der Waals surface area (Å²) >= 11 is 6.34. The predicted octanol–water partition coefficient (Wildman–Crippen LogP) is 4.49. The quantitative estimate of drug-likeness (QED) is 0.688. The third-order valence-electron chi connectivity index (χ3n) is 5.44. The molecular weight excluding hydrogens is 386 g/mol. The largest absolute Gasteiger partial charge is 0.371 e. The van der Waals surface area contributed by atoms with Crippen molar-refractivity contribution in [2.75, 3.05) is 23.3 Å². The van der Waals surface area contributed by atoms with Gasteiger partial charge in [-0.2, -0.15) is 0 Å². The van der Waals surface area contributed by atoms with Crippen LogP contribution in [0.5, 0.6) is 0 Å². The summed E-state index contributed by atoms with van der Waals surface area (Å²) < 4.78 is 0. The standard InChI is InChI=1S/C23H26ClN3O2/c24-21(16-7-3-1-4-8-16)23(29)26-18-11-12-20(27-13-5-2-6-14-27)19(15-18)22(28)25-17-9-10-17/h1,3-4,7-8,11-12,15,17,21H,2,5-6,9-10,13-14H2,(H,25,28)(H,26,29)/t21-/m0/s1. The molecule has 0 radical (unpaired) electrons. The molecule has 0 bridgehead atoms. The molecule has 2 aromatic rings. The van der Waals surface area contributed by atoms with Crippen LogP contribution in [0.3, 0.4) is 0 Å². The van der Waals surface area contributed by atoms with Crippen LogP contribution in [0.2, 0.25) is 0 Å². The molecule has 1 saturated carbocycles. The third-order valence-corrected chi connectivity index (χ3v) is 5.89. The minimum Gasteiger partial charge on any atom is -0.371 e. The molecule has 6 heteroatoms.